The Morgan fingerprint density at radius 2 is 1.68 bits per heavy atom. The lowest BCUT2D eigenvalue weighted by Crippen LogP contribution is -2.36. The average Bonchev–Trinajstić information content (AvgIpc) is 2.91. The van der Waals surface area contributed by atoms with E-state index >= 15 is 0 Å². The molecule has 1 unspecified atom stereocenters. The maximum absolute atomic E-state index is 5.84. The highest BCUT2D eigenvalue weighted by atomic mass is 16.6. The minimum Gasteiger partial charge on any atom is -0.486 e. The topological polar surface area (TPSA) is 34.2 Å². The first-order valence-electron chi connectivity index (χ1n) is 10.3. The Morgan fingerprint density at radius 3 is 2.54 bits per heavy atom. The van der Waals surface area contributed by atoms with Gasteiger partial charge in [0.2, 0.25) is 0 Å². The first kappa shape index (κ1) is 17.8. The normalized spacial score (nSPS) is 22.5. The Kier molecular flexibility index (Phi) is 4.87. The molecule has 0 amide bonds. The van der Waals surface area contributed by atoms with Gasteiger partial charge in [-0.2, -0.15) is 0 Å². The van der Waals surface area contributed by atoms with Crippen molar-refractivity contribution in [3.05, 3.63) is 53.1 Å². The van der Waals surface area contributed by atoms with Crippen LogP contribution in [0.5, 0.6) is 11.5 Å². The van der Waals surface area contributed by atoms with Gasteiger partial charge in [-0.3, -0.25) is 0 Å². The molecule has 0 N–H and O–H groups in total. The summed E-state index contributed by atoms with van der Waals surface area (Å²) in [5, 5.41) is 0. The highest BCUT2D eigenvalue weighted by Crippen LogP contribution is 2.39. The van der Waals surface area contributed by atoms with Crippen molar-refractivity contribution in [3.63, 3.8) is 0 Å². The van der Waals surface area contributed by atoms with Gasteiger partial charge in [-0.1, -0.05) is 12.1 Å². The Labute approximate surface area is 166 Å². The quantitative estimate of drug-likeness (QED) is 0.799. The van der Waals surface area contributed by atoms with Crippen molar-refractivity contribution in [2.45, 2.75) is 18.9 Å². The third-order valence-electron chi connectivity index (χ3n) is 6.09. The molecule has 2 aromatic carbocycles. The zero-order valence-electron chi connectivity index (χ0n) is 16.5. The SMILES string of the molecule is CN1CCC(c2ccc3c(c2)OCCO3)c2ccc(N3CCOCC3)cc2C1. The summed E-state index contributed by atoms with van der Waals surface area (Å²) in [5.41, 5.74) is 5.51. The van der Waals surface area contributed by atoms with Crippen molar-refractivity contribution in [1.82, 2.24) is 4.90 Å². The lowest BCUT2D eigenvalue weighted by atomic mass is 9.86. The summed E-state index contributed by atoms with van der Waals surface area (Å²) in [4.78, 5) is 4.87. The highest BCUT2D eigenvalue weighted by Gasteiger charge is 2.25. The minimum atomic E-state index is 0.384. The lowest BCUT2D eigenvalue weighted by Gasteiger charge is -2.30. The Bertz CT molecular complexity index is 848. The number of hydrogen-bond donors (Lipinski definition) is 0. The van der Waals surface area contributed by atoms with Crippen LogP contribution in [-0.4, -0.2) is 58.0 Å². The van der Waals surface area contributed by atoms with Crippen LogP contribution < -0.4 is 14.4 Å². The van der Waals surface area contributed by atoms with Gasteiger partial charge in [-0.05, 0) is 61.0 Å². The molecule has 3 aliphatic heterocycles. The van der Waals surface area contributed by atoms with E-state index in [0.717, 1.165) is 57.3 Å². The average molecular weight is 380 g/mol. The van der Waals surface area contributed by atoms with E-state index in [0.29, 0.717) is 19.1 Å². The summed E-state index contributed by atoms with van der Waals surface area (Å²) in [6, 6.07) is 13.5. The van der Waals surface area contributed by atoms with E-state index in [1.807, 2.05) is 0 Å². The van der Waals surface area contributed by atoms with Gasteiger partial charge in [0, 0.05) is 31.2 Å². The largest absolute Gasteiger partial charge is 0.486 e. The van der Waals surface area contributed by atoms with Crippen molar-refractivity contribution in [3.8, 4) is 11.5 Å². The van der Waals surface area contributed by atoms with E-state index < -0.39 is 0 Å². The number of hydrogen-bond acceptors (Lipinski definition) is 5. The summed E-state index contributed by atoms with van der Waals surface area (Å²) in [7, 11) is 2.22. The molecule has 1 saturated heterocycles. The molecule has 0 spiro atoms. The fourth-order valence-corrected chi connectivity index (χ4v) is 4.59. The first-order chi connectivity index (χ1) is 13.8. The van der Waals surface area contributed by atoms with Gasteiger partial charge in [0.25, 0.3) is 0 Å². The zero-order valence-corrected chi connectivity index (χ0v) is 16.5. The van der Waals surface area contributed by atoms with Gasteiger partial charge in [0.15, 0.2) is 11.5 Å². The molecule has 0 radical (unpaired) electrons. The predicted octanol–water partition coefficient (Wildman–Crippen LogP) is 3.26. The second kappa shape index (κ2) is 7.64. The summed E-state index contributed by atoms with van der Waals surface area (Å²) in [5.74, 6) is 2.13. The molecule has 0 saturated carbocycles. The molecule has 148 valence electrons. The Balaban J connectivity index is 1.50. The maximum atomic E-state index is 5.84. The lowest BCUT2D eigenvalue weighted by molar-refractivity contribution is 0.122. The van der Waals surface area contributed by atoms with Gasteiger partial charge in [-0.15, -0.1) is 0 Å². The molecule has 5 rings (SSSR count). The van der Waals surface area contributed by atoms with Crippen LogP contribution in [-0.2, 0) is 11.3 Å². The van der Waals surface area contributed by atoms with Crippen LogP contribution in [0.15, 0.2) is 36.4 Å². The second-order valence-electron chi connectivity index (χ2n) is 7.96. The molecule has 1 fully saturated rings. The summed E-state index contributed by atoms with van der Waals surface area (Å²) < 4.78 is 17.1. The molecule has 5 heteroatoms. The molecule has 28 heavy (non-hydrogen) atoms. The molecular weight excluding hydrogens is 352 g/mol. The van der Waals surface area contributed by atoms with E-state index in [1.54, 1.807) is 0 Å². The molecule has 5 nitrogen and oxygen atoms in total. The van der Waals surface area contributed by atoms with Crippen LogP contribution >= 0.6 is 0 Å². The zero-order chi connectivity index (χ0) is 18.9. The number of ether oxygens (including phenoxy) is 3. The summed E-state index contributed by atoms with van der Waals surface area (Å²) in [6.07, 6.45) is 1.11. The standard InChI is InChI=1S/C23H28N2O3/c1-24-7-6-21(17-2-5-22-23(15-17)28-13-12-27-22)20-4-3-19(14-18(20)16-24)25-8-10-26-11-9-25/h2-5,14-15,21H,6-13,16H2,1H3. The Morgan fingerprint density at radius 1 is 0.857 bits per heavy atom. The van der Waals surface area contributed by atoms with E-state index in [2.05, 4.69) is 53.2 Å². The number of morpholine rings is 1. The molecular formula is C23H28N2O3. The van der Waals surface area contributed by atoms with E-state index in [-0.39, 0.29) is 0 Å². The third kappa shape index (κ3) is 3.45. The van der Waals surface area contributed by atoms with Crippen molar-refractivity contribution in [2.24, 2.45) is 0 Å². The number of rotatable bonds is 2. The maximum Gasteiger partial charge on any atom is 0.161 e. The predicted molar refractivity (Wildman–Crippen MR) is 110 cm³/mol. The molecule has 0 bridgehead atoms. The van der Waals surface area contributed by atoms with Crippen LogP contribution in [0.25, 0.3) is 0 Å². The van der Waals surface area contributed by atoms with E-state index in [9.17, 15) is 0 Å². The fraction of sp³-hybridized carbons (Fsp3) is 0.478. The van der Waals surface area contributed by atoms with Crippen molar-refractivity contribution in [2.75, 3.05) is 58.0 Å². The van der Waals surface area contributed by atoms with E-state index in [4.69, 9.17) is 14.2 Å². The Hall–Kier alpha value is -2.24. The molecule has 2 aromatic rings. The fourth-order valence-electron chi connectivity index (χ4n) is 4.59. The van der Waals surface area contributed by atoms with Gasteiger partial charge >= 0.3 is 0 Å². The second-order valence-corrected chi connectivity index (χ2v) is 7.96. The smallest absolute Gasteiger partial charge is 0.161 e. The number of benzene rings is 2. The van der Waals surface area contributed by atoms with Crippen molar-refractivity contribution in [1.29, 1.82) is 0 Å². The van der Waals surface area contributed by atoms with Gasteiger partial charge < -0.3 is 24.0 Å². The highest BCUT2D eigenvalue weighted by molar-refractivity contribution is 5.55. The van der Waals surface area contributed by atoms with Crippen LogP contribution in [0.1, 0.15) is 29.0 Å². The monoisotopic (exact) mass is 380 g/mol. The summed E-state index contributed by atoms with van der Waals surface area (Å²) >= 11 is 0. The first-order valence-corrected chi connectivity index (χ1v) is 10.3. The minimum absolute atomic E-state index is 0.384. The van der Waals surface area contributed by atoms with Crippen molar-refractivity contribution < 1.29 is 14.2 Å². The molecule has 0 aliphatic carbocycles. The third-order valence-corrected chi connectivity index (χ3v) is 6.09. The number of fused-ring (bicyclic) bond motifs is 2. The number of nitrogens with zero attached hydrogens (tertiary/aromatic N) is 2. The van der Waals surface area contributed by atoms with Gasteiger partial charge in [0.05, 0.1) is 13.2 Å². The molecule has 0 aromatic heterocycles. The molecule has 3 heterocycles. The summed E-state index contributed by atoms with van der Waals surface area (Å²) in [6.45, 7) is 6.92. The van der Waals surface area contributed by atoms with Gasteiger partial charge in [0.1, 0.15) is 13.2 Å². The van der Waals surface area contributed by atoms with Crippen molar-refractivity contribution >= 4 is 5.69 Å². The van der Waals surface area contributed by atoms with Crippen LogP contribution in [0, 0.1) is 0 Å². The van der Waals surface area contributed by atoms with Crippen LogP contribution in [0.4, 0.5) is 5.69 Å². The molecule has 1 atom stereocenters. The van der Waals surface area contributed by atoms with E-state index in [1.165, 1.54) is 22.4 Å². The number of anilines is 1. The van der Waals surface area contributed by atoms with Crippen LogP contribution in [0.3, 0.4) is 0 Å². The van der Waals surface area contributed by atoms with Gasteiger partial charge in [-0.25, -0.2) is 0 Å². The van der Waals surface area contributed by atoms with Crippen LogP contribution in [0.2, 0.25) is 0 Å². The molecule has 3 aliphatic rings.